The quantitative estimate of drug-likeness (QED) is 0.858. The molecule has 21 heavy (non-hydrogen) atoms. The summed E-state index contributed by atoms with van der Waals surface area (Å²) < 4.78 is 0. The Morgan fingerprint density at radius 1 is 1.52 bits per heavy atom. The van der Waals surface area contributed by atoms with Crippen LogP contribution in [-0.4, -0.2) is 46.2 Å². The maximum atomic E-state index is 12.8. The molecular weight excluding hydrogens is 286 g/mol. The van der Waals surface area contributed by atoms with E-state index in [0.717, 1.165) is 30.1 Å². The van der Waals surface area contributed by atoms with Crippen molar-refractivity contribution < 1.29 is 9.59 Å². The summed E-state index contributed by atoms with van der Waals surface area (Å²) in [6.45, 7) is 6.01. The summed E-state index contributed by atoms with van der Waals surface area (Å²) in [7, 11) is 0. The van der Waals surface area contributed by atoms with Gasteiger partial charge in [-0.2, -0.15) is 0 Å². The van der Waals surface area contributed by atoms with Crippen molar-refractivity contribution in [3.8, 4) is 0 Å². The lowest BCUT2D eigenvalue weighted by Gasteiger charge is -2.26. The molecule has 0 spiro atoms. The first-order chi connectivity index (χ1) is 10.1. The molecule has 3 heterocycles. The van der Waals surface area contributed by atoms with Gasteiger partial charge in [-0.15, -0.1) is 11.3 Å². The molecule has 1 aromatic heterocycles. The topological polar surface area (TPSA) is 53.5 Å². The van der Waals surface area contributed by atoms with Crippen LogP contribution in [0.1, 0.15) is 42.9 Å². The summed E-state index contributed by atoms with van der Waals surface area (Å²) in [6.07, 6.45) is 2.37. The van der Waals surface area contributed by atoms with Gasteiger partial charge in [-0.3, -0.25) is 9.59 Å². The van der Waals surface area contributed by atoms with E-state index in [1.165, 1.54) is 0 Å². The highest BCUT2D eigenvalue weighted by Crippen LogP contribution is 2.34. The standard InChI is InChI=1S/C15H21N3O2S/c1-3-17-8-11(7-14(17)19)15(20)18-6-4-5-13(18)12-9-21-10(2)16-12/h9,11,13H,3-8H2,1-2H3/t11?,13-/m1/s1. The number of rotatable bonds is 3. The summed E-state index contributed by atoms with van der Waals surface area (Å²) in [6, 6.07) is 0.105. The molecule has 2 aliphatic heterocycles. The molecule has 0 aromatic carbocycles. The van der Waals surface area contributed by atoms with Crippen molar-refractivity contribution in [2.75, 3.05) is 19.6 Å². The lowest BCUT2D eigenvalue weighted by Crippen LogP contribution is -2.37. The molecule has 2 amide bonds. The highest BCUT2D eigenvalue weighted by atomic mass is 32.1. The second kappa shape index (κ2) is 5.75. The summed E-state index contributed by atoms with van der Waals surface area (Å²) >= 11 is 1.63. The van der Waals surface area contributed by atoms with E-state index in [2.05, 4.69) is 10.4 Å². The Morgan fingerprint density at radius 2 is 2.33 bits per heavy atom. The lowest BCUT2D eigenvalue weighted by atomic mass is 10.1. The van der Waals surface area contributed by atoms with E-state index < -0.39 is 0 Å². The van der Waals surface area contributed by atoms with Crippen LogP contribution >= 0.6 is 11.3 Å². The molecule has 0 radical (unpaired) electrons. The molecule has 6 heteroatoms. The lowest BCUT2D eigenvalue weighted by molar-refractivity contribution is -0.136. The van der Waals surface area contributed by atoms with Gasteiger partial charge in [0.1, 0.15) is 0 Å². The average molecular weight is 307 g/mol. The molecule has 0 N–H and O–H groups in total. The van der Waals surface area contributed by atoms with Crippen LogP contribution in [0.3, 0.4) is 0 Å². The fourth-order valence-electron chi connectivity index (χ4n) is 3.35. The molecule has 5 nitrogen and oxygen atoms in total. The van der Waals surface area contributed by atoms with Crippen LogP contribution in [0.5, 0.6) is 0 Å². The Hall–Kier alpha value is -1.43. The number of carbonyl (C=O) groups is 2. The molecule has 114 valence electrons. The number of carbonyl (C=O) groups excluding carboxylic acids is 2. The Labute approximate surface area is 129 Å². The van der Waals surface area contributed by atoms with Crippen molar-refractivity contribution in [2.45, 2.75) is 39.2 Å². The third-order valence-corrected chi connectivity index (χ3v) is 5.25. The van der Waals surface area contributed by atoms with Gasteiger partial charge in [-0.1, -0.05) is 0 Å². The Kier molecular flexibility index (Phi) is 3.97. The average Bonchev–Trinajstić information content (AvgIpc) is 3.16. The summed E-state index contributed by atoms with van der Waals surface area (Å²) in [5.41, 5.74) is 1.01. The highest BCUT2D eigenvalue weighted by Gasteiger charge is 2.40. The number of thiazole rings is 1. The van der Waals surface area contributed by atoms with E-state index in [1.807, 2.05) is 18.7 Å². The van der Waals surface area contributed by atoms with E-state index >= 15 is 0 Å². The molecule has 1 aromatic rings. The minimum Gasteiger partial charge on any atom is -0.342 e. The maximum absolute atomic E-state index is 12.8. The Bertz CT molecular complexity index is 557. The molecule has 1 unspecified atom stereocenters. The van der Waals surface area contributed by atoms with Crippen LogP contribution in [0, 0.1) is 12.8 Å². The monoisotopic (exact) mass is 307 g/mol. The maximum Gasteiger partial charge on any atom is 0.228 e. The first-order valence-electron chi connectivity index (χ1n) is 7.60. The molecule has 0 aliphatic carbocycles. The van der Waals surface area contributed by atoms with E-state index in [4.69, 9.17) is 0 Å². The van der Waals surface area contributed by atoms with E-state index in [0.29, 0.717) is 19.5 Å². The normalized spacial score (nSPS) is 25.9. The first-order valence-corrected chi connectivity index (χ1v) is 8.48. The van der Waals surface area contributed by atoms with Crippen molar-refractivity contribution in [1.82, 2.24) is 14.8 Å². The molecular formula is C15H21N3O2S. The smallest absolute Gasteiger partial charge is 0.228 e. The molecule has 2 fully saturated rings. The summed E-state index contributed by atoms with van der Waals surface area (Å²) in [5.74, 6) is 0.0707. The molecule has 2 saturated heterocycles. The van der Waals surface area contributed by atoms with E-state index in [1.54, 1.807) is 16.2 Å². The minimum atomic E-state index is -0.169. The van der Waals surface area contributed by atoms with Crippen molar-refractivity contribution >= 4 is 23.2 Å². The van der Waals surface area contributed by atoms with Crippen molar-refractivity contribution in [2.24, 2.45) is 5.92 Å². The zero-order chi connectivity index (χ0) is 15.0. The van der Waals surface area contributed by atoms with Crippen molar-refractivity contribution in [3.05, 3.63) is 16.1 Å². The van der Waals surface area contributed by atoms with Crippen LogP contribution in [0.4, 0.5) is 0 Å². The Morgan fingerprint density at radius 3 is 2.95 bits per heavy atom. The number of amides is 2. The van der Waals surface area contributed by atoms with Crippen LogP contribution in [0.15, 0.2) is 5.38 Å². The van der Waals surface area contributed by atoms with E-state index in [-0.39, 0.29) is 23.8 Å². The van der Waals surface area contributed by atoms with Gasteiger partial charge in [-0.05, 0) is 26.7 Å². The van der Waals surface area contributed by atoms with Crippen molar-refractivity contribution in [1.29, 1.82) is 0 Å². The number of hydrogen-bond donors (Lipinski definition) is 0. The van der Waals surface area contributed by atoms with Crippen LogP contribution in [-0.2, 0) is 9.59 Å². The Balaban J connectivity index is 1.73. The molecule has 2 atom stereocenters. The molecule has 2 aliphatic rings. The van der Waals surface area contributed by atoms with Crippen LogP contribution in [0.25, 0.3) is 0 Å². The second-order valence-corrected chi connectivity index (χ2v) is 6.88. The van der Waals surface area contributed by atoms with Gasteiger partial charge >= 0.3 is 0 Å². The molecule has 0 saturated carbocycles. The van der Waals surface area contributed by atoms with Gasteiger partial charge in [0.2, 0.25) is 11.8 Å². The largest absolute Gasteiger partial charge is 0.342 e. The van der Waals surface area contributed by atoms with Gasteiger partial charge in [0.05, 0.1) is 22.7 Å². The number of nitrogens with zero attached hydrogens (tertiary/aromatic N) is 3. The van der Waals surface area contributed by atoms with Crippen molar-refractivity contribution in [3.63, 3.8) is 0 Å². The number of aryl methyl sites for hydroxylation is 1. The third-order valence-electron chi connectivity index (χ3n) is 4.46. The van der Waals surface area contributed by atoms with Gasteiger partial charge in [0, 0.05) is 31.4 Å². The van der Waals surface area contributed by atoms with Gasteiger partial charge in [-0.25, -0.2) is 4.98 Å². The van der Waals surface area contributed by atoms with E-state index in [9.17, 15) is 9.59 Å². The zero-order valence-electron chi connectivity index (χ0n) is 12.5. The SMILES string of the molecule is CCN1CC(C(=O)N2CCC[C@@H]2c2csc(C)n2)CC1=O. The predicted molar refractivity (Wildman–Crippen MR) is 80.9 cm³/mol. The number of aromatic nitrogens is 1. The third kappa shape index (κ3) is 2.69. The van der Waals surface area contributed by atoms with Gasteiger partial charge in [0.25, 0.3) is 0 Å². The predicted octanol–water partition coefficient (Wildman–Crippen LogP) is 1.98. The molecule has 0 bridgehead atoms. The number of hydrogen-bond acceptors (Lipinski definition) is 4. The fraction of sp³-hybridized carbons (Fsp3) is 0.667. The molecule has 3 rings (SSSR count). The minimum absolute atomic E-state index is 0.105. The fourth-order valence-corrected chi connectivity index (χ4v) is 4.01. The summed E-state index contributed by atoms with van der Waals surface area (Å²) in [5, 5.41) is 3.10. The van der Waals surface area contributed by atoms with Crippen LogP contribution < -0.4 is 0 Å². The van der Waals surface area contributed by atoms with Crippen LogP contribution in [0.2, 0.25) is 0 Å². The first kappa shape index (κ1) is 14.5. The zero-order valence-corrected chi connectivity index (χ0v) is 13.4. The summed E-state index contributed by atoms with van der Waals surface area (Å²) in [4.78, 5) is 32.9. The van der Waals surface area contributed by atoms with Gasteiger partial charge in [0.15, 0.2) is 0 Å². The second-order valence-electron chi connectivity index (χ2n) is 5.81. The highest BCUT2D eigenvalue weighted by molar-refractivity contribution is 7.09. The van der Waals surface area contributed by atoms with Gasteiger partial charge < -0.3 is 9.80 Å². The number of likely N-dealkylation sites (tertiary alicyclic amines) is 2.